The van der Waals surface area contributed by atoms with Gasteiger partial charge in [-0.1, -0.05) is 17.7 Å². The predicted octanol–water partition coefficient (Wildman–Crippen LogP) is 2.13. The minimum atomic E-state index is 0.763. The molecular weight excluding hydrogens is 174 g/mol. The largest absolute Gasteiger partial charge is 0.492 e. The van der Waals surface area contributed by atoms with E-state index < -0.39 is 0 Å². The minimum absolute atomic E-state index is 0.763. The first-order valence-corrected chi connectivity index (χ1v) is 5.27. The molecule has 0 atom stereocenters. The summed E-state index contributed by atoms with van der Waals surface area (Å²) in [5.74, 6) is 0.966. The number of ether oxygens (including phenoxy) is 1. The number of aryl methyl sites for hydroxylation is 1. The lowest BCUT2D eigenvalue weighted by molar-refractivity contribution is 0.313. The average molecular weight is 191 g/mol. The van der Waals surface area contributed by atoms with Gasteiger partial charge in [-0.05, 0) is 31.9 Å². The normalized spacial score (nSPS) is 15.5. The van der Waals surface area contributed by atoms with Crippen LogP contribution in [0.2, 0.25) is 0 Å². The summed E-state index contributed by atoms with van der Waals surface area (Å²) in [6.45, 7) is 3.80. The van der Waals surface area contributed by atoms with Gasteiger partial charge >= 0.3 is 0 Å². The predicted molar refractivity (Wildman–Crippen MR) is 57.7 cm³/mol. The molecule has 1 aromatic rings. The Bertz CT molecular complexity index is 277. The van der Waals surface area contributed by atoms with E-state index in [0.717, 1.165) is 24.9 Å². The zero-order valence-electron chi connectivity index (χ0n) is 8.62. The SMILES string of the molecule is Cc1ccc(OCCNC2CC2)cc1. The highest BCUT2D eigenvalue weighted by Crippen LogP contribution is 2.18. The molecule has 2 heteroatoms. The highest BCUT2D eigenvalue weighted by Gasteiger charge is 2.19. The quantitative estimate of drug-likeness (QED) is 0.720. The van der Waals surface area contributed by atoms with Crippen molar-refractivity contribution < 1.29 is 4.74 Å². The van der Waals surface area contributed by atoms with Crippen molar-refractivity contribution in [2.24, 2.45) is 0 Å². The Kier molecular flexibility index (Phi) is 3.04. The highest BCUT2D eigenvalue weighted by atomic mass is 16.5. The maximum atomic E-state index is 5.58. The summed E-state index contributed by atoms with van der Waals surface area (Å²) in [6, 6.07) is 8.96. The molecule has 0 unspecified atom stereocenters. The van der Waals surface area contributed by atoms with Crippen LogP contribution in [-0.4, -0.2) is 19.2 Å². The van der Waals surface area contributed by atoms with E-state index >= 15 is 0 Å². The minimum Gasteiger partial charge on any atom is -0.492 e. The molecule has 0 spiro atoms. The smallest absolute Gasteiger partial charge is 0.119 e. The van der Waals surface area contributed by atoms with Crippen LogP contribution in [0.25, 0.3) is 0 Å². The van der Waals surface area contributed by atoms with Crippen LogP contribution < -0.4 is 10.1 Å². The fraction of sp³-hybridized carbons (Fsp3) is 0.500. The van der Waals surface area contributed by atoms with E-state index in [0.29, 0.717) is 0 Å². The van der Waals surface area contributed by atoms with Crippen molar-refractivity contribution in [3.8, 4) is 5.75 Å². The lowest BCUT2D eigenvalue weighted by atomic mass is 10.2. The zero-order valence-corrected chi connectivity index (χ0v) is 8.62. The Morgan fingerprint density at radius 1 is 1.29 bits per heavy atom. The summed E-state index contributed by atoms with van der Waals surface area (Å²) in [4.78, 5) is 0. The monoisotopic (exact) mass is 191 g/mol. The molecule has 0 heterocycles. The summed E-state index contributed by atoms with van der Waals surface area (Å²) < 4.78 is 5.58. The lowest BCUT2D eigenvalue weighted by Gasteiger charge is -2.06. The van der Waals surface area contributed by atoms with E-state index in [1.807, 2.05) is 12.1 Å². The second kappa shape index (κ2) is 4.47. The summed E-state index contributed by atoms with van der Waals surface area (Å²) in [5, 5.41) is 3.41. The molecule has 2 rings (SSSR count). The fourth-order valence-corrected chi connectivity index (χ4v) is 1.35. The standard InChI is InChI=1S/C12H17NO/c1-10-2-6-12(7-3-10)14-9-8-13-11-4-5-11/h2-3,6-7,11,13H,4-5,8-9H2,1H3. The van der Waals surface area contributed by atoms with Crippen molar-refractivity contribution in [2.45, 2.75) is 25.8 Å². The first-order chi connectivity index (χ1) is 6.84. The van der Waals surface area contributed by atoms with Crippen LogP contribution in [-0.2, 0) is 0 Å². The molecule has 1 aliphatic rings. The Hall–Kier alpha value is -1.02. The van der Waals surface area contributed by atoms with Crippen LogP contribution in [0.5, 0.6) is 5.75 Å². The highest BCUT2D eigenvalue weighted by molar-refractivity contribution is 5.26. The van der Waals surface area contributed by atoms with Crippen molar-refractivity contribution >= 4 is 0 Å². The van der Waals surface area contributed by atoms with Gasteiger partial charge in [0.15, 0.2) is 0 Å². The van der Waals surface area contributed by atoms with E-state index in [4.69, 9.17) is 4.74 Å². The molecule has 0 bridgehead atoms. The number of benzene rings is 1. The second-order valence-corrected chi connectivity index (χ2v) is 3.89. The molecule has 1 fully saturated rings. The summed E-state index contributed by atoms with van der Waals surface area (Å²) >= 11 is 0. The van der Waals surface area contributed by atoms with Crippen molar-refractivity contribution in [1.29, 1.82) is 0 Å². The molecule has 76 valence electrons. The zero-order chi connectivity index (χ0) is 9.80. The Labute approximate surface area is 85.3 Å². The first-order valence-electron chi connectivity index (χ1n) is 5.27. The van der Waals surface area contributed by atoms with Gasteiger partial charge in [0.1, 0.15) is 12.4 Å². The van der Waals surface area contributed by atoms with E-state index in [1.54, 1.807) is 0 Å². The summed E-state index contributed by atoms with van der Waals surface area (Å²) in [5.41, 5.74) is 1.27. The van der Waals surface area contributed by atoms with E-state index in [1.165, 1.54) is 18.4 Å². The second-order valence-electron chi connectivity index (χ2n) is 3.89. The molecule has 1 saturated carbocycles. The molecule has 14 heavy (non-hydrogen) atoms. The molecule has 0 aromatic heterocycles. The van der Waals surface area contributed by atoms with Gasteiger partial charge in [-0.2, -0.15) is 0 Å². The third-order valence-corrected chi connectivity index (χ3v) is 2.40. The molecule has 0 amide bonds. The van der Waals surface area contributed by atoms with Crippen LogP contribution >= 0.6 is 0 Å². The van der Waals surface area contributed by atoms with E-state index in [9.17, 15) is 0 Å². The number of rotatable bonds is 5. The van der Waals surface area contributed by atoms with Gasteiger partial charge in [-0.25, -0.2) is 0 Å². The van der Waals surface area contributed by atoms with E-state index in [2.05, 4.69) is 24.4 Å². The van der Waals surface area contributed by atoms with Crippen LogP contribution in [0.15, 0.2) is 24.3 Å². The topological polar surface area (TPSA) is 21.3 Å². The Balaban J connectivity index is 1.66. The van der Waals surface area contributed by atoms with Gasteiger partial charge in [0.25, 0.3) is 0 Å². The van der Waals surface area contributed by atoms with Crippen LogP contribution in [0, 0.1) is 6.92 Å². The first kappa shape index (κ1) is 9.53. The van der Waals surface area contributed by atoms with E-state index in [-0.39, 0.29) is 0 Å². The lowest BCUT2D eigenvalue weighted by Crippen LogP contribution is -2.22. The van der Waals surface area contributed by atoms with Crippen molar-refractivity contribution in [3.05, 3.63) is 29.8 Å². The van der Waals surface area contributed by atoms with Gasteiger partial charge < -0.3 is 10.1 Å². The summed E-state index contributed by atoms with van der Waals surface area (Å²) in [7, 11) is 0. The van der Waals surface area contributed by atoms with Gasteiger partial charge in [-0.3, -0.25) is 0 Å². The number of nitrogens with one attached hydrogen (secondary N) is 1. The Morgan fingerprint density at radius 2 is 2.00 bits per heavy atom. The van der Waals surface area contributed by atoms with Crippen LogP contribution in [0.4, 0.5) is 0 Å². The Morgan fingerprint density at radius 3 is 2.64 bits per heavy atom. The average Bonchev–Trinajstić information content (AvgIpc) is 2.99. The maximum Gasteiger partial charge on any atom is 0.119 e. The molecule has 0 radical (unpaired) electrons. The van der Waals surface area contributed by atoms with Crippen LogP contribution in [0.3, 0.4) is 0 Å². The van der Waals surface area contributed by atoms with Gasteiger partial charge in [0, 0.05) is 12.6 Å². The van der Waals surface area contributed by atoms with Gasteiger partial charge in [0.2, 0.25) is 0 Å². The summed E-state index contributed by atoms with van der Waals surface area (Å²) in [6.07, 6.45) is 2.68. The van der Waals surface area contributed by atoms with Crippen molar-refractivity contribution in [2.75, 3.05) is 13.2 Å². The molecule has 2 nitrogen and oxygen atoms in total. The third kappa shape index (κ3) is 3.04. The molecule has 1 aromatic carbocycles. The number of hydrogen-bond donors (Lipinski definition) is 1. The molecule has 0 saturated heterocycles. The fourth-order valence-electron chi connectivity index (χ4n) is 1.35. The number of hydrogen-bond acceptors (Lipinski definition) is 2. The molecular formula is C12H17NO. The molecule has 1 aliphatic carbocycles. The van der Waals surface area contributed by atoms with Gasteiger partial charge in [-0.15, -0.1) is 0 Å². The van der Waals surface area contributed by atoms with Crippen molar-refractivity contribution in [3.63, 3.8) is 0 Å². The van der Waals surface area contributed by atoms with Gasteiger partial charge in [0.05, 0.1) is 0 Å². The molecule has 1 N–H and O–H groups in total. The molecule has 0 aliphatic heterocycles. The van der Waals surface area contributed by atoms with Crippen LogP contribution in [0.1, 0.15) is 18.4 Å². The third-order valence-electron chi connectivity index (χ3n) is 2.40. The maximum absolute atomic E-state index is 5.58. The van der Waals surface area contributed by atoms with Crippen molar-refractivity contribution in [1.82, 2.24) is 5.32 Å².